The van der Waals surface area contributed by atoms with Gasteiger partial charge in [-0.2, -0.15) is 0 Å². The van der Waals surface area contributed by atoms with Crippen molar-refractivity contribution in [3.63, 3.8) is 0 Å². The highest BCUT2D eigenvalue weighted by Crippen LogP contribution is 2.23. The lowest BCUT2D eigenvalue weighted by Gasteiger charge is -2.30. The summed E-state index contributed by atoms with van der Waals surface area (Å²) in [5, 5.41) is 0. The molecular weight excluding hydrogens is 222 g/mol. The average Bonchev–Trinajstić information content (AvgIpc) is 2.54. The zero-order valence-electron chi connectivity index (χ0n) is 11.8. The molecule has 0 amide bonds. The van der Waals surface area contributed by atoms with Crippen LogP contribution in [0.25, 0.3) is 0 Å². The monoisotopic (exact) mass is 247 g/mol. The lowest BCUT2D eigenvalue weighted by atomic mass is 10.1. The molecule has 1 atom stereocenters. The molecule has 1 saturated heterocycles. The van der Waals surface area contributed by atoms with Crippen LogP contribution in [0.15, 0.2) is 18.2 Å². The zero-order valence-corrected chi connectivity index (χ0v) is 11.8. The first-order valence-corrected chi connectivity index (χ1v) is 6.84. The van der Waals surface area contributed by atoms with E-state index in [1.807, 2.05) is 0 Å². The highest BCUT2D eigenvalue weighted by atomic mass is 15.2. The number of nitrogens with zero attached hydrogens (tertiary/aromatic N) is 2. The minimum atomic E-state index is 0.465. The Labute approximate surface area is 111 Å². The predicted octanol–water partition coefficient (Wildman–Crippen LogP) is 1.77. The van der Waals surface area contributed by atoms with Crippen molar-refractivity contribution in [1.82, 2.24) is 4.90 Å². The summed E-state index contributed by atoms with van der Waals surface area (Å²) < 4.78 is 0. The summed E-state index contributed by atoms with van der Waals surface area (Å²) >= 11 is 0. The van der Waals surface area contributed by atoms with E-state index in [-0.39, 0.29) is 0 Å². The summed E-state index contributed by atoms with van der Waals surface area (Å²) in [7, 11) is 2.18. The molecule has 1 unspecified atom stereocenters. The Morgan fingerprint density at radius 2 is 2.06 bits per heavy atom. The Bertz CT molecular complexity index is 403. The summed E-state index contributed by atoms with van der Waals surface area (Å²) in [5.74, 6) is 0. The number of aryl methyl sites for hydroxylation is 2. The molecule has 0 aliphatic carbocycles. The van der Waals surface area contributed by atoms with Gasteiger partial charge >= 0.3 is 0 Å². The van der Waals surface area contributed by atoms with Crippen LogP contribution in [0.2, 0.25) is 0 Å². The van der Waals surface area contributed by atoms with Gasteiger partial charge in [0.1, 0.15) is 0 Å². The first-order valence-electron chi connectivity index (χ1n) is 6.84. The van der Waals surface area contributed by atoms with Gasteiger partial charge in [0.2, 0.25) is 0 Å². The molecule has 1 heterocycles. The van der Waals surface area contributed by atoms with Gasteiger partial charge in [-0.3, -0.25) is 0 Å². The Hall–Kier alpha value is -1.06. The van der Waals surface area contributed by atoms with E-state index in [2.05, 4.69) is 48.9 Å². The van der Waals surface area contributed by atoms with Gasteiger partial charge in [-0.15, -0.1) is 0 Å². The molecule has 0 bridgehead atoms. The SMILES string of the molecule is Cc1ccc(C)c(N2CCCN(C)C(CN)C2)c1. The Balaban J connectivity index is 2.23. The number of anilines is 1. The second-order valence-electron chi connectivity index (χ2n) is 5.46. The topological polar surface area (TPSA) is 32.5 Å². The smallest absolute Gasteiger partial charge is 0.0399 e. The maximum atomic E-state index is 5.90. The third kappa shape index (κ3) is 2.85. The molecule has 3 nitrogen and oxygen atoms in total. The third-order valence-corrected chi connectivity index (χ3v) is 3.97. The molecule has 2 N–H and O–H groups in total. The molecule has 1 aliphatic heterocycles. The predicted molar refractivity (Wildman–Crippen MR) is 78.2 cm³/mol. The molecule has 0 radical (unpaired) electrons. The highest BCUT2D eigenvalue weighted by molar-refractivity contribution is 5.55. The Kier molecular flexibility index (Phi) is 4.25. The first-order chi connectivity index (χ1) is 8.61. The fourth-order valence-electron chi connectivity index (χ4n) is 2.71. The average molecular weight is 247 g/mol. The normalized spacial score (nSPS) is 22.0. The van der Waals surface area contributed by atoms with Crippen molar-refractivity contribution in [2.24, 2.45) is 5.73 Å². The van der Waals surface area contributed by atoms with Gasteiger partial charge in [-0.05, 0) is 51.1 Å². The second-order valence-corrected chi connectivity index (χ2v) is 5.46. The lowest BCUT2D eigenvalue weighted by molar-refractivity contribution is 0.266. The molecule has 2 rings (SSSR count). The lowest BCUT2D eigenvalue weighted by Crippen LogP contribution is -2.44. The summed E-state index contributed by atoms with van der Waals surface area (Å²) in [6.45, 7) is 8.40. The molecule has 0 aromatic heterocycles. The summed E-state index contributed by atoms with van der Waals surface area (Å²) in [4.78, 5) is 4.90. The molecule has 1 aromatic rings. The Morgan fingerprint density at radius 3 is 2.78 bits per heavy atom. The van der Waals surface area contributed by atoms with Crippen molar-refractivity contribution < 1.29 is 0 Å². The van der Waals surface area contributed by atoms with Gasteiger partial charge in [0, 0.05) is 31.4 Å². The van der Waals surface area contributed by atoms with Crippen LogP contribution in [0.1, 0.15) is 17.5 Å². The molecule has 1 aromatic carbocycles. The maximum Gasteiger partial charge on any atom is 0.0399 e. The van der Waals surface area contributed by atoms with Crippen LogP contribution >= 0.6 is 0 Å². The number of benzene rings is 1. The van der Waals surface area contributed by atoms with Crippen LogP contribution in [-0.2, 0) is 0 Å². The van der Waals surface area contributed by atoms with E-state index in [1.165, 1.54) is 23.2 Å². The van der Waals surface area contributed by atoms with E-state index in [1.54, 1.807) is 0 Å². The van der Waals surface area contributed by atoms with E-state index >= 15 is 0 Å². The largest absolute Gasteiger partial charge is 0.370 e. The number of nitrogens with two attached hydrogens (primary N) is 1. The van der Waals surface area contributed by atoms with Crippen LogP contribution in [-0.4, -0.2) is 44.2 Å². The molecule has 100 valence electrons. The van der Waals surface area contributed by atoms with Crippen LogP contribution < -0.4 is 10.6 Å². The minimum Gasteiger partial charge on any atom is -0.370 e. The minimum absolute atomic E-state index is 0.465. The van der Waals surface area contributed by atoms with Gasteiger partial charge in [-0.1, -0.05) is 12.1 Å². The van der Waals surface area contributed by atoms with Gasteiger partial charge in [0.05, 0.1) is 0 Å². The standard InChI is InChI=1S/C15H25N3/c1-12-5-6-13(2)15(9-12)18-8-4-7-17(3)14(10-16)11-18/h5-6,9,14H,4,7-8,10-11,16H2,1-3H3. The first kappa shape index (κ1) is 13.4. The number of hydrogen-bond acceptors (Lipinski definition) is 3. The van der Waals surface area contributed by atoms with Gasteiger partial charge in [0.25, 0.3) is 0 Å². The molecule has 0 spiro atoms. The number of likely N-dealkylation sites (N-methyl/N-ethyl adjacent to an activating group) is 1. The molecule has 3 heteroatoms. The van der Waals surface area contributed by atoms with Crippen molar-refractivity contribution >= 4 is 5.69 Å². The highest BCUT2D eigenvalue weighted by Gasteiger charge is 2.22. The van der Waals surface area contributed by atoms with Gasteiger partial charge < -0.3 is 15.5 Å². The second kappa shape index (κ2) is 5.72. The van der Waals surface area contributed by atoms with Crippen molar-refractivity contribution in [3.05, 3.63) is 29.3 Å². The van der Waals surface area contributed by atoms with Crippen molar-refractivity contribution in [1.29, 1.82) is 0 Å². The summed E-state index contributed by atoms with van der Waals surface area (Å²) in [6.07, 6.45) is 1.21. The summed E-state index contributed by atoms with van der Waals surface area (Å²) in [6, 6.07) is 7.17. The third-order valence-electron chi connectivity index (χ3n) is 3.97. The molecule has 18 heavy (non-hydrogen) atoms. The van der Waals surface area contributed by atoms with Crippen molar-refractivity contribution in [3.8, 4) is 0 Å². The van der Waals surface area contributed by atoms with Crippen LogP contribution in [0.5, 0.6) is 0 Å². The quantitative estimate of drug-likeness (QED) is 0.864. The number of rotatable bonds is 2. The van der Waals surface area contributed by atoms with Gasteiger partial charge in [0.15, 0.2) is 0 Å². The van der Waals surface area contributed by atoms with Crippen LogP contribution in [0.3, 0.4) is 0 Å². The maximum absolute atomic E-state index is 5.90. The molecule has 0 saturated carbocycles. The molecule has 1 fully saturated rings. The Morgan fingerprint density at radius 1 is 1.28 bits per heavy atom. The van der Waals surface area contributed by atoms with E-state index in [0.717, 1.165) is 26.2 Å². The van der Waals surface area contributed by atoms with E-state index in [0.29, 0.717) is 6.04 Å². The number of hydrogen-bond donors (Lipinski definition) is 1. The van der Waals surface area contributed by atoms with E-state index in [4.69, 9.17) is 5.73 Å². The fraction of sp³-hybridized carbons (Fsp3) is 0.600. The van der Waals surface area contributed by atoms with Crippen LogP contribution in [0, 0.1) is 13.8 Å². The van der Waals surface area contributed by atoms with Crippen LogP contribution in [0.4, 0.5) is 5.69 Å². The van der Waals surface area contributed by atoms with Gasteiger partial charge in [-0.25, -0.2) is 0 Å². The summed E-state index contributed by atoms with van der Waals surface area (Å²) in [5.41, 5.74) is 9.97. The fourth-order valence-corrected chi connectivity index (χ4v) is 2.71. The van der Waals surface area contributed by atoms with Crippen molar-refractivity contribution in [2.45, 2.75) is 26.3 Å². The molecule has 1 aliphatic rings. The van der Waals surface area contributed by atoms with E-state index in [9.17, 15) is 0 Å². The molecular formula is C15H25N3. The van der Waals surface area contributed by atoms with Crippen molar-refractivity contribution in [2.75, 3.05) is 38.1 Å². The van der Waals surface area contributed by atoms with E-state index < -0.39 is 0 Å². The zero-order chi connectivity index (χ0) is 13.1.